The molecule has 4 nitrogen and oxygen atoms in total. The van der Waals surface area contributed by atoms with E-state index in [0.29, 0.717) is 22.4 Å². The fourth-order valence-electron chi connectivity index (χ4n) is 2.04. The molecule has 1 amide bonds. The third-order valence-corrected chi connectivity index (χ3v) is 5.85. The van der Waals surface area contributed by atoms with Crippen molar-refractivity contribution in [3.8, 4) is 0 Å². The van der Waals surface area contributed by atoms with Crippen molar-refractivity contribution in [2.75, 3.05) is 11.9 Å². The van der Waals surface area contributed by atoms with Crippen LogP contribution in [0.5, 0.6) is 0 Å². The van der Waals surface area contributed by atoms with Gasteiger partial charge in [-0.1, -0.05) is 40.5 Å². The van der Waals surface area contributed by atoms with Gasteiger partial charge in [-0.05, 0) is 40.9 Å². The van der Waals surface area contributed by atoms with Crippen molar-refractivity contribution in [3.63, 3.8) is 0 Å². The summed E-state index contributed by atoms with van der Waals surface area (Å²) in [7, 11) is 0. The van der Waals surface area contributed by atoms with Crippen LogP contribution >= 0.6 is 27.7 Å². The van der Waals surface area contributed by atoms with Crippen LogP contribution in [-0.4, -0.2) is 23.7 Å². The molecule has 1 aromatic rings. The van der Waals surface area contributed by atoms with Crippen LogP contribution < -0.4 is 5.32 Å². The zero-order chi connectivity index (χ0) is 19.7. The summed E-state index contributed by atoms with van der Waals surface area (Å²) in [5.41, 5.74) is 0.115. The SMILES string of the molecule is CCCCOC(=O)C(CCC)Sc1cc(NC(=O)C(C)C)c(F)cc1Br. The molecule has 1 N–H and O–H groups in total. The number of rotatable bonds is 10. The normalized spacial score (nSPS) is 12.1. The third-order valence-electron chi connectivity index (χ3n) is 3.63. The molecule has 0 aliphatic heterocycles. The van der Waals surface area contributed by atoms with E-state index >= 15 is 0 Å². The molecular weight excluding hydrogens is 421 g/mol. The zero-order valence-electron chi connectivity index (χ0n) is 15.7. The summed E-state index contributed by atoms with van der Waals surface area (Å²) in [6.07, 6.45) is 3.28. The van der Waals surface area contributed by atoms with E-state index in [1.54, 1.807) is 19.9 Å². The predicted octanol–water partition coefficient (Wildman–Crippen LogP) is 5.79. The van der Waals surface area contributed by atoms with Crippen LogP contribution in [0.15, 0.2) is 21.5 Å². The van der Waals surface area contributed by atoms with Gasteiger partial charge in [0.25, 0.3) is 0 Å². The Bertz CT molecular complexity index is 625. The van der Waals surface area contributed by atoms with Gasteiger partial charge < -0.3 is 10.1 Å². The van der Waals surface area contributed by atoms with Crippen molar-refractivity contribution in [2.24, 2.45) is 5.92 Å². The molecule has 1 unspecified atom stereocenters. The molecule has 0 fully saturated rings. The minimum Gasteiger partial charge on any atom is -0.465 e. The number of carbonyl (C=O) groups is 2. The summed E-state index contributed by atoms with van der Waals surface area (Å²) in [5, 5.41) is 2.22. The van der Waals surface area contributed by atoms with E-state index < -0.39 is 5.82 Å². The summed E-state index contributed by atoms with van der Waals surface area (Å²) in [6, 6.07) is 2.87. The van der Waals surface area contributed by atoms with Gasteiger partial charge in [-0.3, -0.25) is 9.59 Å². The van der Waals surface area contributed by atoms with E-state index in [0.717, 1.165) is 19.3 Å². The first-order chi connectivity index (χ1) is 12.3. The van der Waals surface area contributed by atoms with Crippen molar-refractivity contribution in [1.29, 1.82) is 0 Å². The lowest BCUT2D eigenvalue weighted by Crippen LogP contribution is -2.21. The number of benzene rings is 1. The van der Waals surface area contributed by atoms with Gasteiger partial charge in [-0.2, -0.15) is 0 Å². The van der Waals surface area contributed by atoms with Gasteiger partial charge in [0.15, 0.2) is 0 Å². The molecule has 7 heteroatoms. The Hall–Kier alpha value is -1.08. The Morgan fingerprint density at radius 3 is 2.54 bits per heavy atom. The Kier molecular flexibility index (Phi) is 10.2. The second kappa shape index (κ2) is 11.6. The van der Waals surface area contributed by atoms with Gasteiger partial charge in [-0.15, -0.1) is 11.8 Å². The van der Waals surface area contributed by atoms with Gasteiger partial charge >= 0.3 is 5.97 Å². The monoisotopic (exact) mass is 447 g/mol. The van der Waals surface area contributed by atoms with Crippen LogP contribution in [0, 0.1) is 11.7 Å². The number of hydrogen-bond donors (Lipinski definition) is 1. The van der Waals surface area contributed by atoms with Crippen LogP contribution in [0.25, 0.3) is 0 Å². The molecule has 0 aliphatic carbocycles. The average molecular weight is 448 g/mol. The quantitative estimate of drug-likeness (QED) is 0.280. The van der Waals surface area contributed by atoms with Gasteiger partial charge in [0.1, 0.15) is 11.1 Å². The lowest BCUT2D eigenvalue weighted by atomic mass is 10.2. The molecule has 0 radical (unpaired) electrons. The first kappa shape index (κ1) is 23.0. The lowest BCUT2D eigenvalue weighted by molar-refractivity contribution is -0.143. The smallest absolute Gasteiger partial charge is 0.319 e. The maximum absolute atomic E-state index is 14.2. The first-order valence-electron chi connectivity index (χ1n) is 8.93. The Morgan fingerprint density at radius 2 is 1.96 bits per heavy atom. The largest absolute Gasteiger partial charge is 0.465 e. The number of carbonyl (C=O) groups excluding carboxylic acids is 2. The highest BCUT2D eigenvalue weighted by Crippen LogP contribution is 2.36. The average Bonchev–Trinajstić information content (AvgIpc) is 2.58. The number of thioether (sulfide) groups is 1. The number of ether oxygens (including phenoxy) is 1. The van der Waals surface area contributed by atoms with E-state index in [1.165, 1.54) is 17.8 Å². The van der Waals surface area contributed by atoms with Crippen molar-refractivity contribution in [1.82, 2.24) is 0 Å². The Morgan fingerprint density at radius 1 is 1.27 bits per heavy atom. The van der Waals surface area contributed by atoms with Crippen molar-refractivity contribution < 1.29 is 18.7 Å². The fraction of sp³-hybridized carbons (Fsp3) is 0.579. The third kappa shape index (κ3) is 7.27. The number of hydrogen-bond acceptors (Lipinski definition) is 4. The molecule has 0 aromatic heterocycles. The van der Waals surface area contributed by atoms with Crippen molar-refractivity contribution in [2.45, 2.75) is 63.5 Å². The van der Waals surface area contributed by atoms with E-state index in [4.69, 9.17) is 4.74 Å². The minimum absolute atomic E-state index is 0.115. The predicted molar refractivity (Wildman–Crippen MR) is 108 cm³/mol. The topological polar surface area (TPSA) is 55.4 Å². The summed E-state index contributed by atoms with van der Waals surface area (Å²) in [5.74, 6) is -1.29. The molecule has 26 heavy (non-hydrogen) atoms. The summed E-state index contributed by atoms with van der Waals surface area (Å²) in [4.78, 5) is 24.9. The second-order valence-electron chi connectivity index (χ2n) is 6.32. The highest BCUT2D eigenvalue weighted by molar-refractivity contribution is 9.10. The fourth-order valence-corrected chi connectivity index (χ4v) is 3.82. The number of nitrogens with one attached hydrogen (secondary N) is 1. The first-order valence-corrected chi connectivity index (χ1v) is 10.6. The molecule has 0 saturated carbocycles. The highest BCUT2D eigenvalue weighted by atomic mass is 79.9. The van der Waals surface area contributed by atoms with Gasteiger partial charge in [0, 0.05) is 15.3 Å². The molecule has 1 aromatic carbocycles. The molecule has 146 valence electrons. The Labute approximate surface area is 167 Å². The van der Waals surface area contributed by atoms with Crippen LogP contribution in [0.4, 0.5) is 10.1 Å². The summed E-state index contributed by atoms with van der Waals surface area (Å²) >= 11 is 4.67. The Balaban J connectivity index is 2.96. The van der Waals surface area contributed by atoms with Gasteiger partial charge in [0.2, 0.25) is 5.91 Å². The standard InChI is InChI=1S/C19H27BrFNO3S/c1-5-7-9-25-19(24)16(8-6-2)26-17-11-15(14(21)10-13(17)20)22-18(23)12(3)4/h10-12,16H,5-9H2,1-4H3,(H,22,23). The molecule has 0 bridgehead atoms. The number of halogens is 2. The minimum atomic E-state index is -0.521. The van der Waals surface area contributed by atoms with E-state index in [-0.39, 0.29) is 28.7 Å². The molecule has 0 aliphatic rings. The number of anilines is 1. The van der Waals surface area contributed by atoms with Crippen LogP contribution in [0.2, 0.25) is 0 Å². The summed E-state index contributed by atoms with van der Waals surface area (Å²) in [6.45, 7) is 7.93. The van der Waals surface area contributed by atoms with Gasteiger partial charge in [-0.25, -0.2) is 4.39 Å². The van der Waals surface area contributed by atoms with Gasteiger partial charge in [0.05, 0.1) is 12.3 Å². The molecule has 1 rings (SSSR count). The maximum Gasteiger partial charge on any atom is 0.319 e. The van der Waals surface area contributed by atoms with Crippen LogP contribution in [-0.2, 0) is 14.3 Å². The van der Waals surface area contributed by atoms with E-state index in [9.17, 15) is 14.0 Å². The lowest BCUT2D eigenvalue weighted by Gasteiger charge is -2.17. The number of esters is 1. The molecule has 0 heterocycles. The second-order valence-corrected chi connectivity index (χ2v) is 8.42. The maximum atomic E-state index is 14.2. The highest BCUT2D eigenvalue weighted by Gasteiger charge is 2.23. The molecule has 1 atom stereocenters. The van der Waals surface area contributed by atoms with E-state index in [2.05, 4.69) is 21.2 Å². The summed E-state index contributed by atoms with van der Waals surface area (Å²) < 4.78 is 20.0. The number of amides is 1. The molecule has 0 saturated heterocycles. The van der Waals surface area contributed by atoms with Crippen molar-refractivity contribution in [3.05, 3.63) is 22.4 Å². The van der Waals surface area contributed by atoms with Crippen LogP contribution in [0.3, 0.4) is 0 Å². The zero-order valence-corrected chi connectivity index (χ0v) is 18.1. The molecule has 0 spiro atoms. The van der Waals surface area contributed by atoms with Crippen LogP contribution in [0.1, 0.15) is 53.4 Å². The van der Waals surface area contributed by atoms with E-state index in [1.807, 2.05) is 13.8 Å². The number of unbranched alkanes of at least 4 members (excludes halogenated alkanes) is 1. The molecular formula is C19H27BrFNO3S. The van der Waals surface area contributed by atoms with Crippen molar-refractivity contribution >= 4 is 45.3 Å².